The number of aromatic nitrogens is 2. The number of nitrogens with zero attached hydrogens (tertiary/aromatic N) is 3. The first-order valence-electron chi connectivity index (χ1n) is 10.5. The molecule has 0 unspecified atom stereocenters. The van der Waals surface area contributed by atoms with Crippen LogP contribution in [0.1, 0.15) is 27.9 Å². The van der Waals surface area contributed by atoms with Crippen LogP contribution >= 0.6 is 12.4 Å². The summed E-state index contributed by atoms with van der Waals surface area (Å²) in [6, 6.07) is 25.8. The normalized spacial score (nSPS) is 10.9. The van der Waals surface area contributed by atoms with Crippen LogP contribution in [0.4, 0.5) is 0 Å². The SMILES string of the molecule is CS(=O)(=O)NCc1ccccc1-c1ccc(Cn2cncc2Cc2ccc(C#N)cc2)cc1.Cl. The molecule has 0 fully saturated rings. The van der Waals surface area contributed by atoms with Crippen LogP contribution < -0.4 is 4.72 Å². The summed E-state index contributed by atoms with van der Waals surface area (Å²) in [7, 11) is -3.26. The third kappa shape index (κ3) is 6.55. The van der Waals surface area contributed by atoms with Gasteiger partial charge in [-0.25, -0.2) is 18.1 Å². The zero-order valence-electron chi connectivity index (χ0n) is 18.7. The van der Waals surface area contributed by atoms with Crippen LogP contribution in [-0.4, -0.2) is 24.2 Å². The Morgan fingerprint density at radius 1 is 0.971 bits per heavy atom. The molecule has 0 saturated heterocycles. The van der Waals surface area contributed by atoms with E-state index in [4.69, 9.17) is 5.26 Å². The lowest BCUT2D eigenvalue weighted by atomic mass is 9.98. The van der Waals surface area contributed by atoms with Gasteiger partial charge in [-0.2, -0.15) is 5.26 Å². The van der Waals surface area contributed by atoms with Crippen LogP contribution in [0, 0.1) is 11.3 Å². The van der Waals surface area contributed by atoms with E-state index in [1.165, 1.54) is 0 Å². The number of halogens is 1. The molecule has 1 heterocycles. The standard InChI is InChI=1S/C26H24N4O2S.ClH/c1-33(31,32)29-16-24-4-2-3-5-26(24)23-12-10-22(11-13-23)18-30-19-28-17-25(30)14-20-6-8-21(15-27)9-7-20;/h2-13,17,19,29H,14,16,18H2,1H3;1H. The monoisotopic (exact) mass is 492 g/mol. The topological polar surface area (TPSA) is 87.8 Å². The van der Waals surface area contributed by atoms with Crippen molar-refractivity contribution >= 4 is 22.4 Å². The minimum Gasteiger partial charge on any atom is -0.330 e. The van der Waals surface area contributed by atoms with Crippen LogP contribution in [0.25, 0.3) is 11.1 Å². The Kier molecular flexibility index (Phi) is 8.24. The van der Waals surface area contributed by atoms with E-state index in [-0.39, 0.29) is 19.0 Å². The molecule has 0 radical (unpaired) electrons. The molecule has 174 valence electrons. The summed E-state index contributed by atoms with van der Waals surface area (Å²) in [5.74, 6) is 0. The zero-order valence-corrected chi connectivity index (χ0v) is 20.3. The minimum absolute atomic E-state index is 0. The molecule has 6 nitrogen and oxygen atoms in total. The third-order valence-electron chi connectivity index (χ3n) is 5.43. The highest BCUT2D eigenvalue weighted by atomic mass is 35.5. The molecular formula is C26H25ClN4O2S. The number of imidazole rings is 1. The maximum atomic E-state index is 11.5. The predicted octanol–water partition coefficient (Wildman–Crippen LogP) is 4.53. The largest absolute Gasteiger partial charge is 0.330 e. The van der Waals surface area contributed by atoms with Crippen molar-refractivity contribution in [1.29, 1.82) is 5.26 Å². The fourth-order valence-electron chi connectivity index (χ4n) is 3.70. The molecule has 0 saturated carbocycles. The van der Waals surface area contributed by atoms with Gasteiger partial charge in [-0.3, -0.25) is 0 Å². The average molecular weight is 493 g/mol. The molecule has 4 rings (SSSR count). The summed E-state index contributed by atoms with van der Waals surface area (Å²) in [6.45, 7) is 0.952. The van der Waals surface area contributed by atoms with Gasteiger partial charge < -0.3 is 4.57 Å². The third-order valence-corrected chi connectivity index (χ3v) is 6.10. The van der Waals surface area contributed by atoms with Crippen molar-refractivity contribution in [3.8, 4) is 17.2 Å². The zero-order chi connectivity index (χ0) is 23.3. The second-order valence-electron chi connectivity index (χ2n) is 7.95. The van der Waals surface area contributed by atoms with Crippen molar-refractivity contribution in [2.75, 3.05) is 6.26 Å². The summed E-state index contributed by atoms with van der Waals surface area (Å²) in [5, 5.41) is 8.97. The smallest absolute Gasteiger partial charge is 0.209 e. The Labute approximate surface area is 206 Å². The Hall–Kier alpha value is -3.44. The molecule has 0 bridgehead atoms. The molecule has 8 heteroatoms. The van der Waals surface area contributed by atoms with E-state index in [9.17, 15) is 8.42 Å². The van der Waals surface area contributed by atoms with Gasteiger partial charge in [-0.15, -0.1) is 12.4 Å². The van der Waals surface area contributed by atoms with E-state index in [0.29, 0.717) is 12.1 Å². The van der Waals surface area contributed by atoms with E-state index in [2.05, 4.69) is 44.6 Å². The highest BCUT2D eigenvalue weighted by Gasteiger charge is 2.09. The molecule has 0 atom stereocenters. The minimum atomic E-state index is -3.26. The van der Waals surface area contributed by atoms with Crippen molar-refractivity contribution < 1.29 is 8.42 Å². The predicted molar refractivity (Wildman–Crippen MR) is 136 cm³/mol. The fraction of sp³-hybridized carbons (Fsp3) is 0.154. The lowest BCUT2D eigenvalue weighted by Gasteiger charge is -2.12. The van der Waals surface area contributed by atoms with E-state index >= 15 is 0 Å². The number of hydrogen-bond donors (Lipinski definition) is 1. The van der Waals surface area contributed by atoms with Gasteiger partial charge >= 0.3 is 0 Å². The summed E-state index contributed by atoms with van der Waals surface area (Å²) in [5.41, 5.74) is 6.99. The van der Waals surface area contributed by atoms with Crippen molar-refractivity contribution in [3.63, 3.8) is 0 Å². The number of hydrogen-bond acceptors (Lipinski definition) is 4. The molecule has 1 aromatic heterocycles. The lowest BCUT2D eigenvalue weighted by molar-refractivity contribution is 0.587. The average Bonchev–Trinajstić information content (AvgIpc) is 3.25. The number of benzene rings is 3. The summed E-state index contributed by atoms with van der Waals surface area (Å²) < 4.78 is 27.7. The Morgan fingerprint density at radius 2 is 1.65 bits per heavy atom. The highest BCUT2D eigenvalue weighted by molar-refractivity contribution is 7.88. The maximum Gasteiger partial charge on any atom is 0.209 e. The summed E-state index contributed by atoms with van der Waals surface area (Å²) in [6.07, 6.45) is 5.61. The first-order valence-corrected chi connectivity index (χ1v) is 12.4. The molecule has 0 aliphatic carbocycles. The molecular weight excluding hydrogens is 468 g/mol. The summed E-state index contributed by atoms with van der Waals surface area (Å²) in [4.78, 5) is 4.32. The maximum absolute atomic E-state index is 11.5. The van der Waals surface area contributed by atoms with Crippen LogP contribution in [0.3, 0.4) is 0 Å². The second-order valence-corrected chi connectivity index (χ2v) is 9.78. The van der Waals surface area contributed by atoms with E-state index in [0.717, 1.165) is 46.2 Å². The number of sulfonamides is 1. The van der Waals surface area contributed by atoms with E-state index < -0.39 is 10.0 Å². The first kappa shape index (κ1) is 25.2. The Bertz CT molecular complexity index is 1390. The molecule has 3 aromatic carbocycles. The van der Waals surface area contributed by atoms with Crippen LogP contribution in [0.2, 0.25) is 0 Å². The van der Waals surface area contributed by atoms with Crippen molar-refractivity contribution in [3.05, 3.63) is 113 Å². The van der Waals surface area contributed by atoms with Gasteiger partial charge in [0, 0.05) is 31.4 Å². The van der Waals surface area contributed by atoms with Gasteiger partial charge in [0.1, 0.15) is 0 Å². The van der Waals surface area contributed by atoms with Gasteiger partial charge in [0.15, 0.2) is 0 Å². The molecule has 1 N–H and O–H groups in total. The molecule has 34 heavy (non-hydrogen) atoms. The molecule has 0 amide bonds. The van der Waals surface area contributed by atoms with E-state index in [1.807, 2.05) is 61.1 Å². The lowest BCUT2D eigenvalue weighted by Crippen LogP contribution is -2.21. The van der Waals surface area contributed by atoms with Crippen molar-refractivity contribution in [2.24, 2.45) is 0 Å². The Balaban J connectivity index is 0.00000324. The Morgan fingerprint density at radius 3 is 2.32 bits per heavy atom. The van der Waals surface area contributed by atoms with Gasteiger partial charge in [0.25, 0.3) is 0 Å². The number of nitrogens with one attached hydrogen (secondary N) is 1. The van der Waals surface area contributed by atoms with Crippen molar-refractivity contribution in [1.82, 2.24) is 14.3 Å². The van der Waals surface area contributed by atoms with E-state index in [1.54, 1.807) is 0 Å². The molecule has 0 aliphatic rings. The molecule has 4 aromatic rings. The number of nitriles is 1. The van der Waals surface area contributed by atoms with Gasteiger partial charge in [0.2, 0.25) is 10.0 Å². The second kappa shape index (κ2) is 11.1. The van der Waals surface area contributed by atoms with Gasteiger partial charge in [-0.1, -0.05) is 60.7 Å². The van der Waals surface area contributed by atoms with Crippen LogP contribution in [0.15, 0.2) is 85.3 Å². The van der Waals surface area contributed by atoms with Gasteiger partial charge in [-0.05, 0) is 39.9 Å². The fourth-order valence-corrected chi connectivity index (χ4v) is 4.11. The molecule has 0 spiro atoms. The summed E-state index contributed by atoms with van der Waals surface area (Å²) >= 11 is 0. The van der Waals surface area contributed by atoms with Crippen LogP contribution in [-0.2, 0) is 29.5 Å². The first-order chi connectivity index (χ1) is 15.9. The quantitative estimate of drug-likeness (QED) is 0.391. The number of rotatable bonds is 8. The highest BCUT2D eigenvalue weighted by Crippen LogP contribution is 2.24. The molecule has 0 aliphatic heterocycles. The van der Waals surface area contributed by atoms with Gasteiger partial charge in [0.05, 0.1) is 24.2 Å². The van der Waals surface area contributed by atoms with Crippen LogP contribution in [0.5, 0.6) is 0 Å². The van der Waals surface area contributed by atoms with Crippen molar-refractivity contribution in [2.45, 2.75) is 19.5 Å².